The first-order valence-electron chi connectivity index (χ1n) is 6.91. The van der Waals surface area contributed by atoms with Gasteiger partial charge in [-0.15, -0.1) is 0 Å². The molecule has 0 fully saturated rings. The van der Waals surface area contributed by atoms with Crippen molar-refractivity contribution in [3.8, 4) is 23.1 Å². The minimum absolute atomic E-state index is 0.0714. The second-order valence-corrected chi connectivity index (χ2v) is 4.83. The number of hydrogen-bond acceptors (Lipinski definition) is 6. The summed E-state index contributed by atoms with van der Waals surface area (Å²) in [4.78, 5) is 15.0. The molecule has 0 saturated carbocycles. The summed E-state index contributed by atoms with van der Waals surface area (Å²) in [6, 6.07) is 10.1. The number of nitro groups is 1. The number of aromatic nitrogens is 2. The van der Waals surface area contributed by atoms with E-state index in [2.05, 4.69) is 4.98 Å². The number of pyridine rings is 1. The molecule has 1 aliphatic rings. The number of ether oxygens (including phenoxy) is 3. The Balaban J connectivity index is 1.75. The number of benzene rings is 1. The lowest BCUT2D eigenvalue weighted by molar-refractivity contribution is -0.391. The number of imidazole rings is 1. The van der Waals surface area contributed by atoms with Crippen molar-refractivity contribution in [2.75, 3.05) is 13.2 Å². The molecule has 0 aliphatic carbocycles. The summed E-state index contributed by atoms with van der Waals surface area (Å²) in [6.45, 7) is 0.941. The fraction of sp³-hybridized carbons (Fsp3) is 0.133. The molecule has 23 heavy (non-hydrogen) atoms. The van der Waals surface area contributed by atoms with Crippen LogP contribution in [-0.2, 0) is 0 Å². The summed E-state index contributed by atoms with van der Waals surface area (Å²) in [7, 11) is 0. The molecule has 0 spiro atoms. The van der Waals surface area contributed by atoms with Gasteiger partial charge in [0.2, 0.25) is 5.65 Å². The Morgan fingerprint density at radius 2 is 2.00 bits per heavy atom. The van der Waals surface area contributed by atoms with Gasteiger partial charge in [-0.1, -0.05) is 6.07 Å². The Morgan fingerprint density at radius 3 is 2.83 bits per heavy atom. The van der Waals surface area contributed by atoms with E-state index in [-0.39, 0.29) is 11.7 Å². The lowest BCUT2D eigenvalue weighted by Crippen LogP contribution is -2.15. The zero-order chi connectivity index (χ0) is 15.8. The Morgan fingerprint density at radius 1 is 1.17 bits per heavy atom. The van der Waals surface area contributed by atoms with Crippen LogP contribution in [0.25, 0.3) is 5.65 Å². The summed E-state index contributed by atoms with van der Waals surface area (Å²) >= 11 is 0. The van der Waals surface area contributed by atoms with Gasteiger partial charge in [-0.3, -0.25) is 0 Å². The maximum atomic E-state index is 11.3. The summed E-state index contributed by atoms with van der Waals surface area (Å²) in [5, 5.41) is 11.3. The highest BCUT2D eigenvalue weighted by Gasteiger charge is 2.25. The molecule has 0 bridgehead atoms. The number of fused-ring (bicyclic) bond motifs is 2. The van der Waals surface area contributed by atoms with Crippen LogP contribution >= 0.6 is 0 Å². The fourth-order valence-electron chi connectivity index (χ4n) is 2.39. The minimum atomic E-state index is -0.520. The molecule has 0 atom stereocenters. The molecule has 3 heterocycles. The van der Waals surface area contributed by atoms with Crippen LogP contribution in [0.3, 0.4) is 0 Å². The largest absolute Gasteiger partial charge is 0.486 e. The van der Waals surface area contributed by atoms with Crippen LogP contribution < -0.4 is 14.2 Å². The van der Waals surface area contributed by atoms with Gasteiger partial charge >= 0.3 is 11.7 Å². The first-order valence-corrected chi connectivity index (χ1v) is 6.91. The molecule has 0 amide bonds. The van der Waals surface area contributed by atoms with Crippen molar-refractivity contribution < 1.29 is 19.1 Å². The van der Waals surface area contributed by atoms with Crippen molar-refractivity contribution in [3.63, 3.8) is 0 Å². The van der Waals surface area contributed by atoms with Crippen LogP contribution in [0.5, 0.6) is 23.1 Å². The highest BCUT2D eigenvalue weighted by molar-refractivity contribution is 5.54. The number of hydrogen-bond donors (Lipinski definition) is 0. The summed E-state index contributed by atoms with van der Waals surface area (Å²) in [5.74, 6) is 1.25. The van der Waals surface area contributed by atoms with Gasteiger partial charge in [-0.2, -0.15) is 9.38 Å². The molecule has 0 unspecified atom stereocenters. The molecular weight excluding hydrogens is 302 g/mol. The van der Waals surface area contributed by atoms with Crippen LogP contribution in [0.1, 0.15) is 0 Å². The monoisotopic (exact) mass is 313 g/mol. The van der Waals surface area contributed by atoms with E-state index in [1.54, 1.807) is 42.6 Å². The topological polar surface area (TPSA) is 88.1 Å². The standard InChI is InChI=1S/C15H11N3O5/c19-18(20)15-14(16-13-3-1-2-6-17(13)15)23-10-4-5-11-12(9-10)22-8-7-21-11/h1-6,9H,7-8H2. The van der Waals surface area contributed by atoms with Gasteiger partial charge in [-0.05, 0) is 23.1 Å². The maximum Gasteiger partial charge on any atom is 0.392 e. The van der Waals surface area contributed by atoms with E-state index in [1.165, 1.54) is 4.40 Å². The Hall–Kier alpha value is -3.29. The van der Waals surface area contributed by atoms with Gasteiger partial charge in [-0.25, -0.2) is 0 Å². The first kappa shape index (κ1) is 13.4. The molecule has 0 N–H and O–H groups in total. The van der Waals surface area contributed by atoms with Crippen LogP contribution in [0.4, 0.5) is 5.82 Å². The molecule has 8 nitrogen and oxygen atoms in total. The normalized spacial score (nSPS) is 13.0. The predicted molar refractivity (Wildman–Crippen MR) is 79.4 cm³/mol. The van der Waals surface area contributed by atoms with Crippen LogP contribution in [0.2, 0.25) is 0 Å². The second-order valence-electron chi connectivity index (χ2n) is 4.83. The van der Waals surface area contributed by atoms with E-state index >= 15 is 0 Å². The zero-order valence-corrected chi connectivity index (χ0v) is 11.8. The van der Waals surface area contributed by atoms with E-state index in [0.717, 1.165) is 0 Å². The smallest absolute Gasteiger partial charge is 0.392 e. The summed E-state index contributed by atoms with van der Waals surface area (Å²) in [6.07, 6.45) is 1.57. The van der Waals surface area contributed by atoms with Crippen LogP contribution in [0.15, 0.2) is 42.6 Å². The van der Waals surface area contributed by atoms with E-state index in [9.17, 15) is 10.1 Å². The highest BCUT2D eigenvalue weighted by atomic mass is 16.6. The van der Waals surface area contributed by atoms with Gasteiger partial charge in [0, 0.05) is 12.1 Å². The van der Waals surface area contributed by atoms with Crippen molar-refractivity contribution in [2.45, 2.75) is 0 Å². The lowest BCUT2D eigenvalue weighted by atomic mass is 10.3. The van der Waals surface area contributed by atoms with Gasteiger partial charge in [0.1, 0.15) is 19.0 Å². The van der Waals surface area contributed by atoms with E-state index in [1.807, 2.05) is 0 Å². The van der Waals surface area contributed by atoms with Gasteiger partial charge in [0.05, 0.1) is 6.20 Å². The molecule has 4 rings (SSSR count). The number of nitrogens with zero attached hydrogens (tertiary/aromatic N) is 3. The quantitative estimate of drug-likeness (QED) is 0.546. The fourth-order valence-corrected chi connectivity index (χ4v) is 2.39. The van der Waals surface area contributed by atoms with Gasteiger partial charge in [0.15, 0.2) is 11.5 Å². The van der Waals surface area contributed by atoms with Crippen molar-refractivity contribution in [1.82, 2.24) is 9.38 Å². The molecular formula is C15H11N3O5. The van der Waals surface area contributed by atoms with Crippen molar-refractivity contribution in [2.24, 2.45) is 0 Å². The zero-order valence-electron chi connectivity index (χ0n) is 11.8. The van der Waals surface area contributed by atoms with E-state index < -0.39 is 4.92 Å². The molecule has 3 aromatic rings. The van der Waals surface area contributed by atoms with Crippen molar-refractivity contribution >= 4 is 11.5 Å². The minimum Gasteiger partial charge on any atom is -0.486 e. The summed E-state index contributed by atoms with van der Waals surface area (Å²) in [5.41, 5.74) is 0.437. The SMILES string of the molecule is O=[N+]([O-])c1c(Oc2ccc3c(c2)OCCO3)nc2ccccn12. The maximum absolute atomic E-state index is 11.3. The first-order chi connectivity index (χ1) is 11.2. The molecule has 0 radical (unpaired) electrons. The third-order valence-electron chi connectivity index (χ3n) is 3.38. The van der Waals surface area contributed by atoms with Crippen LogP contribution in [0, 0.1) is 10.1 Å². The Bertz CT molecular complexity index is 905. The molecule has 1 aliphatic heterocycles. The third kappa shape index (κ3) is 2.30. The van der Waals surface area contributed by atoms with Gasteiger partial charge in [0.25, 0.3) is 0 Å². The molecule has 2 aromatic heterocycles. The highest BCUT2D eigenvalue weighted by Crippen LogP contribution is 2.37. The average molecular weight is 313 g/mol. The molecule has 0 saturated heterocycles. The molecule has 1 aromatic carbocycles. The average Bonchev–Trinajstić information content (AvgIpc) is 2.92. The van der Waals surface area contributed by atoms with E-state index in [0.29, 0.717) is 36.1 Å². The van der Waals surface area contributed by atoms with Crippen molar-refractivity contribution in [1.29, 1.82) is 0 Å². The van der Waals surface area contributed by atoms with Crippen molar-refractivity contribution in [3.05, 3.63) is 52.7 Å². The predicted octanol–water partition coefficient (Wildman–Crippen LogP) is 2.81. The third-order valence-corrected chi connectivity index (χ3v) is 3.38. The van der Waals surface area contributed by atoms with Crippen LogP contribution in [-0.4, -0.2) is 27.5 Å². The Kier molecular flexibility index (Phi) is 3.00. The molecule has 116 valence electrons. The molecule has 8 heteroatoms. The van der Waals surface area contributed by atoms with Gasteiger partial charge < -0.3 is 24.3 Å². The number of rotatable bonds is 3. The second kappa shape index (κ2) is 5.16. The van der Waals surface area contributed by atoms with E-state index in [4.69, 9.17) is 14.2 Å². The lowest BCUT2D eigenvalue weighted by Gasteiger charge is -2.18. The Labute approximate surface area is 130 Å². The summed E-state index contributed by atoms with van der Waals surface area (Å²) < 4.78 is 17.9.